The van der Waals surface area contributed by atoms with Crippen LogP contribution in [0.5, 0.6) is 11.5 Å². The molecule has 0 radical (unpaired) electrons. The Kier molecular flexibility index (Phi) is 4.10. The van der Waals surface area contributed by atoms with Crippen molar-refractivity contribution in [3.63, 3.8) is 0 Å². The topological polar surface area (TPSA) is 43.4 Å². The molecule has 0 saturated carbocycles. The molecule has 3 nitrogen and oxygen atoms in total. The quantitative estimate of drug-likeness (QED) is 0.854. The summed E-state index contributed by atoms with van der Waals surface area (Å²) in [6, 6.07) is 14.3. The van der Waals surface area contributed by atoms with Crippen molar-refractivity contribution in [1.29, 1.82) is 0 Å². The first-order valence-corrected chi connectivity index (χ1v) is 8.64. The number of hydrogen-bond acceptors (Lipinski definition) is 3. The molecule has 0 aliphatic heterocycles. The molecule has 4 heteroatoms. The molecule has 0 aromatic heterocycles. The Morgan fingerprint density at radius 2 is 1.24 bits per heavy atom. The van der Waals surface area contributed by atoms with E-state index in [1.54, 1.807) is 24.3 Å². The molecule has 0 aliphatic carbocycles. The van der Waals surface area contributed by atoms with E-state index in [0.29, 0.717) is 5.75 Å². The Bertz CT molecular complexity index is 706. The molecule has 0 N–H and O–H groups in total. The van der Waals surface area contributed by atoms with E-state index in [1.807, 2.05) is 24.3 Å². The number of sulfone groups is 1. The van der Waals surface area contributed by atoms with Crippen LogP contribution >= 0.6 is 0 Å². The van der Waals surface area contributed by atoms with Gasteiger partial charge in [-0.1, -0.05) is 32.9 Å². The predicted molar refractivity (Wildman–Crippen MR) is 84.8 cm³/mol. The van der Waals surface area contributed by atoms with Gasteiger partial charge in [-0.15, -0.1) is 0 Å². The lowest BCUT2D eigenvalue weighted by Gasteiger charge is -2.19. The van der Waals surface area contributed by atoms with Crippen LogP contribution < -0.4 is 4.74 Å². The van der Waals surface area contributed by atoms with E-state index in [9.17, 15) is 8.42 Å². The molecular weight excluding hydrogens is 284 g/mol. The van der Waals surface area contributed by atoms with Crippen molar-refractivity contribution >= 4 is 9.84 Å². The second-order valence-corrected chi connectivity index (χ2v) is 8.14. The van der Waals surface area contributed by atoms with E-state index in [-0.39, 0.29) is 10.3 Å². The summed E-state index contributed by atoms with van der Waals surface area (Å²) < 4.78 is 28.5. The predicted octanol–water partition coefficient (Wildman–Crippen LogP) is 4.18. The van der Waals surface area contributed by atoms with Gasteiger partial charge >= 0.3 is 0 Å². The van der Waals surface area contributed by atoms with E-state index < -0.39 is 9.84 Å². The fourth-order valence-corrected chi connectivity index (χ4v) is 2.54. The zero-order chi connectivity index (χ0) is 15.7. The van der Waals surface area contributed by atoms with Crippen LogP contribution in [-0.4, -0.2) is 14.7 Å². The fraction of sp³-hybridized carbons (Fsp3) is 0.294. The van der Waals surface area contributed by atoms with Crippen LogP contribution in [0, 0.1) is 0 Å². The first-order chi connectivity index (χ1) is 9.66. The Labute approximate surface area is 126 Å². The Hall–Kier alpha value is -1.81. The van der Waals surface area contributed by atoms with E-state index in [2.05, 4.69) is 20.8 Å². The van der Waals surface area contributed by atoms with Crippen LogP contribution in [0.15, 0.2) is 53.4 Å². The molecule has 2 rings (SSSR count). The van der Waals surface area contributed by atoms with Crippen LogP contribution in [0.3, 0.4) is 0 Å². The molecule has 0 bridgehead atoms. The van der Waals surface area contributed by atoms with Crippen molar-refractivity contribution in [1.82, 2.24) is 0 Å². The SMILES string of the molecule is CC(C)(C)c1ccc(Oc2ccc(S(C)(=O)=O)cc2)cc1. The largest absolute Gasteiger partial charge is 0.457 e. The summed E-state index contributed by atoms with van der Waals surface area (Å²) in [6.07, 6.45) is 1.19. The molecule has 0 amide bonds. The highest BCUT2D eigenvalue weighted by molar-refractivity contribution is 7.90. The summed E-state index contributed by atoms with van der Waals surface area (Å²) in [6.45, 7) is 6.48. The van der Waals surface area contributed by atoms with Crippen LogP contribution in [0.2, 0.25) is 0 Å². The van der Waals surface area contributed by atoms with Crippen LogP contribution in [0.1, 0.15) is 26.3 Å². The van der Waals surface area contributed by atoms with Crippen molar-refractivity contribution in [3.05, 3.63) is 54.1 Å². The second-order valence-electron chi connectivity index (χ2n) is 6.12. The van der Waals surface area contributed by atoms with E-state index in [0.717, 1.165) is 5.75 Å². The van der Waals surface area contributed by atoms with Gasteiger partial charge in [-0.25, -0.2) is 8.42 Å². The minimum atomic E-state index is -3.17. The molecular formula is C17H20O3S. The molecule has 0 heterocycles. The Balaban J connectivity index is 2.15. The Morgan fingerprint density at radius 3 is 1.62 bits per heavy atom. The number of hydrogen-bond donors (Lipinski definition) is 0. The van der Waals surface area contributed by atoms with E-state index in [4.69, 9.17) is 4.74 Å². The molecule has 0 atom stereocenters. The van der Waals surface area contributed by atoms with Gasteiger partial charge < -0.3 is 4.74 Å². The highest BCUT2D eigenvalue weighted by Crippen LogP contribution is 2.27. The third-order valence-corrected chi connectivity index (χ3v) is 4.34. The second kappa shape index (κ2) is 5.53. The average Bonchev–Trinajstić information content (AvgIpc) is 2.38. The molecule has 0 saturated heterocycles. The van der Waals surface area contributed by atoms with Gasteiger partial charge in [0, 0.05) is 6.26 Å². The van der Waals surface area contributed by atoms with Crippen molar-refractivity contribution in [2.75, 3.05) is 6.26 Å². The molecule has 112 valence electrons. The molecule has 2 aromatic carbocycles. The summed E-state index contributed by atoms with van der Waals surface area (Å²) in [5.41, 5.74) is 1.35. The van der Waals surface area contributed by atoms with Gasteiger partial charge in [0.05, 0.1) is 4.90 Å². The maximum atomic E-state index is 11.4. The van der Waals surface area contributed by atoms with Crippen LogP contribution in [0.4, 0.5) is 0 Å². The molecule has 0 unspecified atom stereocenters. The lowest BCUT2D eigenvalue weighted by molar-refractivity contribution is 0.481. The van der Waals surface area contributed by atoms with Gasteiger partial charge in [0.15, 0.2) is 9.84 Å². The van der Waals surface area contributed by atoms with E-state index in [1.165, 1.54) is 11.8 Å². The van der Waals surface area contributed by atoms with Crippen molar-refractivity contribution in [2.45, 2.75) is 31.1 Å². The zero-order valence-corrected chi connectivity index (χ0v) is 13.6. The van der Waals surface area contributed by atoms with Crippen molar-refractivity contribution in [3.8, 4) is 11.5 Å². The van der Waals surface area contributed by atoms with Crippen LogP contribution in [-0.2, 0) is 15.3 Å². The number of rotatable bonds is 3. The minimum absolute atomic E-state index is 0.107. The normalized spacial score (nSPS) is 12.2. The molecule has 0 spiro atoms. The highest BCUT2D eigenvalue weighted by atomic mass is 32.2. The van der Waals surface area contributed by atoms with Gasteiger partial charge in [0.1, 0.15) is 11.5 Å². The number of ether oxygens (including phenoxy) is 1. The average molecular weight is 304 g/mol. The lowest BCUT2D eigenvalue weighted by Crippen LogP contribution is -2.10. The monoisotopic (exact) mass is 304 g/mol. The number of benzene rings is 2. The summed E-state index contributed by atoms with van der Waals surface area (Å²) >= 11 is 0. The summed E-state index contributed by atoms with van der Waals surface area (Å²) in [7, 11) is -3.17. The van der Waals surface area contributed by atoms with Gasteiger partial charge in [0.2, 0.25) is 0 Å². The Morgan fingerprint density at radius 1 is 0.810 bits per heavy atom. The molecule has 2 aromatic rings. The molecule has 0 fully saturated rings. The standard InChI is InChI=1S/C17H20O3S/c1-17(2,3)13-5-7-14(8-6-13)20-15-9-11-16(12-10-15)21(4,18)19/h5-12H,1-4H3. The maximum Gasteiger partial charge on any atom is 0.175 e. The van der Waals surface area contributed by atoms with E-state index >= 15 is 0 Å². The van der Waals surface area contributed by atoms with Crippen molar-refractivity contribution in [2.24, 2.45) is 0 Å². The first-order valence-electron chi connectivity index (χ1n) is 6.75. The molecule has 0 aliphatic rings. The third-order valence-electron chi connectivity index (χ3n) is 3.21. The summed E-state index contributed by atoms with van der Waals surface area (Å²) in [5, 5.41) is 0. The smallest absolute Gasteiger partial charge is 0.175 e. The summed E-state index contributed by atoms with van der Waals surface area (Å²) in [4.78, 5) is 0.290. The molecule has 21 heavy (non-hydrogen) atoms. The minimum Gasteiger partial charge on any atom is -0.457 e. The van der Waals surface area contributed by atoms with Gasteiger partial charge in [0.25, 0.3) is 0 Å². The fourth-order valence-electron chi connectivity index (χ4n) is 1.91. The first kappa shape index (κ1) is 15.6. The van der Waals surface area contributed by atoms with Gasteiger partial charge in [-0.3, -0.25) is 0 Å². The maximum absolute atomic E-state index is 11.4. The van der Waals surface area contributed by atoms with Gasteiger partial charge in [-0.05, 0) is 47.4 Å². The van der Waals surface area contributed by atoms with Gasteiger partial charge in [-0.2, -0.15) is 0 Å². The van der Waals surface area contributed by atoms with Crippen molar-refractivity contribution < 1.29 is 13.2 Å². The highest BCUT2D eigenvalue weighted by Gasteiger charge is 2.13. The third kappa shape index (κ3) is 4.08. The lowest BCUT2D eigenvalue weighted by atomic mass is 9.87. The zero-order valence-electron chi connectivity index (χ0n) is 12.8. The summed E-state index contributed by atoms with van der Waals surface area (Å²) in [5.74, 6) is 1.35. The van der Waals surface area contributed by atoms with Crippen LogP contribution in [0.25, 0.3) is 0 Å².